The highest BCUT2D eigenvalue weighted by atomic mass is 19.1. The summed E-state index contributed by atoms with van der Waals surface area (Å²) in [5.41, 5.74) is 0.539. The van der Waals surface area contributed by atoms with Gasteiger partial charge in [-0.05, 0) is 42.3 Å². The molecule has 5 rings (SSSR count). The van der Waals surface area contributed by atoms with Crippen LogP contribution >= 0.6 is 0 Å². The van der Waals surface area contributed by atoms with Gasteiger partial charge in [0, 0.05) is 37.5 Å². The van der Waals surface area contributed by atoms with Gasteiger partial charge in [-0.2, -0.15) is 0 Å². The Balaban J connectivity index is 1.44. The van der Waals surface area contributed by atoms with Crippen molar-refractivity contribution >= 4 is 16.8 Å². The molecule has 3 aromatic heterocycles. The van der Waals surface area contributed by atoms with Crippen LogP contribution < -0.4 is 19.6 Å². The van der Waals surface area contributed by atoms with Crippen LogP contribution in [0.25, 0.3) is 22.2 Å². The number of methoxy groups -OCH3 is 2. The Morgan fingerprint density at radius 2 is 1.72 bits per heavy atom. The Morgan fingerprint density at radius 1 is 0.953 bits per heavy atom. The van der Waals surface area contributed by atoms with Crippen LogP contribution in [-0.2, 0) is 19.6 Å². The van der Waals surface area contributed by atoms with Gasteiger partial charge in [0.15, 0.2) is 28.8 Å². The SMILES string of the molecule is CCn1cc(C(=O)Cc2ccc(Oc3ccnc4cc(OC)c(OC)nc34)c(F)c2)c(=O)c(-c2ccc(F)cc2)c1CF. The van der Waals surface area contributed by atoms with Crippen molar-refractivity contribution in [1.82, 2.24) is 14.5 Å². The molecule has 0 saturated heterocycles. The lowest BCUT2D eigenvalue weighted by atomic mass is 9.97. The second-order valence-electron chi connectivity index (χ2n) is 9.46. The molecule has 0 aliphatic rings. The Morgan fingerprint density at radius 3 is 2.37 bits per heavy atom. The lowest BCUT2D eigenvalue weighted by molar-refractivity contribution is 0.0991. The van der Waals surface area contributed by atoms with Gasteiger partial charge in [0.1, 0.15) is 18.0 Å². The maximum absolute atomic E-state index is 15.2. The third-order valence-corrected chi connectivity index (χ3v) is 6.89. The Labute approximate surface area is 244 Å². The van der Waals surface area contributed by atoms with Gasteiger partial charge < -0.3 is 18.8 Å². The summed E-state index contributed by atoms with van der Waals surface area (Å²) in [7, 11) is 2.90. The number of halogens is 3. The molecule has 0 amide bonds. The van der Waals surface area contributed by atoms with Crippen molar-refractivity contribution in [1.29, 1.82) is 0 Å². The number of hydrogen-bond donors (Lipinski definition) is 0. The first-order valence-corrected chi connectivity index (χ1v) is 13.2. The number of aromatic nitrogens is 3. The number of Topliss-reactive ketones (excluding diaryl/α,β-unsaturated/α-hetero) is 1. The molecule has 43 heavy (non-hydrogen) atoms. The fourth-order valence-corrected chi connectivity index (χ4v) is 4.76. The standard InChI is InChI=1S/C32H26F3N3O5/c1-4-38-17-21(31(40)29(24(38)16-33)19-6-8-20(34)9-7-19)25(39)14-18-5-10-26(22(35)13-18)43-27-11-12-36-23-15-28(41-2)32(42-3)37-30(23)27/h5-13,15,17H,4,14,16H2,1-3H3. The minimum absolute atomic E-state index is 0.0161. The maximum atomic E-state index is 15.2. The van der Waals surface area contributed by atoms with Crippen LogP contribution in [0.15, 0.2) is 71.8 Å². The minimum Gasteiger partial charge on any atom is -0.491 e. The van der Waals surface area contributed by atoms with E-state index in [4.69, 9.17) is 14.2 Å². The predicted octanol–water partition coefficient (Wildman–Crippen LogP) is 6.46. The van der Waals surface area contributed by atoms with Crippen molar-refractivity contribution < 1.29 is 32.2 Å². The number of nitrogens with zero attached hydrogens (tertiary/aromatic N) is 3. The third-order valence-electron chi connectivity index (χ3n) is 6.89. The lowest BCUT2D eigenvalue weighted by Crippen LogP contribution is -2.24. The summed E-state index contributed by atoms with van der Waals surface area (Å²) < 4.78 is 60.6. The first-order chi connectivity index (χ1) is 20.8. The van der Waals surface area contributed by atoms with Crippen molar-refractivity contribution in [3.8, 4) is 34.3 Å². The largest absolute Gasteiger partial charge is 0.491 e. The third kappa shape index (κ3) is 5.78. The van der Waals surface area contributed by atoms with Gasteiger partial charge in [0.25, 0.3) is 5.88 Å². The number of aryl methyl sites for hydroxylation is 1. The average Bonchev–Trinajstić information content (AvgIpc) is 3.01. The van der Waals surface area contributed by atoms with E-state index in [-0.39, 0.29) is 52.7 Å². The molecule has 0 spiro atoms. The summed E-state index contributed by atoms with van der Waals surface area (Å²) in [6, 6.07) is 12.2. The van der Waals surface area contributed by atoms with Crippen LogP contribution in [0.4, 0.5) is 13.2 Å². The number of pyridine rings is 3. The number of ether oxygens (including phenoxy) is 3. The van der Waals surface area contributed by atoms with Gasteiger partial charge in [-0.25, -0.2) is 18.2 Å². The molecule has 3 heterocycles. The molecule has 0 fully saturated rings. The number of carbonyl (C=O) groups is 1. The zero-order valence-electron chi connectivity index (χ0n) is 23.5. The Hall–Kier alpha value is -5.19. The van der Waals surface area contributed by atoms with E-state index < -0.39 is 29.5 Å². The molecule has 0 saturated carbocycles. The quantitative estimate of drug-likeness (QED) is 0.173. The van der Waals surface area contributed by atoms with Gasteiger partial charge in [-0.1, -0.05) is 18.2 Å². The van der Waals surface area contributed by atoms with Gasteiger partial charge >= 0.3 is 0 Å². The summed E-state index contributed by atoms with van der Waals surface area (Å²) in [4.78, 5) is 35.4. The highest BCUT2D eigenvalue weighted by molar-refractivity contribution is 5.98. The zero-order valence-corrected chi connectivity index (χ0v) is 23.5. The topological polar surface area (TPSA) is 92.5 Å². The molecule has 0 bridgehead atoms. The van der Waals surface area contributed by atoms with Crippen molar-refractivity contribution in [2.24, 2.45) is 0 Å². The first kappa shape index (κ1) is 29.3. The van der Waals surface area contributed by atoms with E-state index in [2.05, 4.69) is 9.97 Å². The molecule has 220 valence electrons. The molecule has 2 aromatic carbocycles. The van der Waals surface area contributed by atoms with Gasteiger partial charge in [-0.15, -0.1) is 0 Å². The number of rotatable bonds is 10. The van der Waals surface area contributed by atoms with Crippen LogP contribution in [-0.4, -0.2) is 34.5 Å². The second-order valence-corrected chi connectivity index (χ2v) is 9.46. The number of carbonyl (C=O) groups excluding carboxylic acids is 1. The molecule has 5 aromatic rings. The molecule has 0 N–H and O–H groups in total. The number of fused-ring (bicyclic) bond motifs is 1. The Kier molecular flexibility index (Phi) is 8.42. The second kappa shape index (κ2) is 12.4. The van der Waals surface area contributed by atoms with Crippen LogP contribution in [0.1, 0.15) is 28.5 Å². The average molecular weight is 590 g/mol. The molecule has 0 aliphatic carbocycles. The number of hydrogen-bond acceptors (Lipinski definition) is 7. The fourth-order valence-electron chi connectivity index (χ4n) is 4.76. The van der Waals surface area contributed by atoms with E-state index in [1.165, 1.54) is 61.5 Å². The summed E-state index contributed by atoms with van der Waals surface area (Å²) in [5.74, 6) is -1.19. The monoisotopic (exact) mass is 589 g/mol. The van der Waals surface area contributed by atoms with Gasteiger partial charge in [-0.3, -0.25) is 14.6 Å². The van der Waals surface area contributed by atoms with E-state index >= 15 is 4.39 Å². The summed E-state index contributed by atoms with van der Waals surface area (Å²) in [6.07, 6.45) is 2.49. The smallest absolute Gasteiger partial charge is 0.257 e. The zero-order chi connectivity index (χ0) is 30.7. The van der Waals surface area contributed by atoms with E-state index in [0.717, 1.165) is 18.2 Å². The molecular formula is C32H26F3N3O5. The molecule has 0 unspecified atom stereocenters. The lowest BCUT2D eigenvalue weighted by Gasteiger charge is -2.16. The molecule has 0 radical (unpaired) electrons. The molecule has 11 heteroatoms. The number of alkyl halides is 1. The van der Waals surface area contributed by atoms with E-state index in [1.54, 1.807) is 13.0 Å². The van der Waals surface area contributed by atoms with Crippen molar-refractivity contribution in [2.45, 2.75) is 26.6 Å². The summed E-state index contributed by atoms with van der Waals surface area (Å²) >= 11 is 0. The number of benzene rings is 2. The van der Waals surface area contributed by atoms with Gasteiger partial charge in [0.2, 0.25) is 5.43 Å². The summed E-state index contributed by atoms with van der Waals surface area (Å²) in [5, 5.41) is 0. The predicted molar refractivity (Wildman–Crippen MR) is 154 cm³/mol. The normalized spacial score (nSPS) is 11.0. The van der Waals surface area contributed by atoms with Crippen LogP contribution in [0.3, 0.4) is 0 Å². The number of ketones is 1. The molecular weight excluding hydrogens is 563 g/mol. The van der Waals surface area contributed by atoms with Crippen LogP contribution in [0.2, 0.25) is 0 Å². The summed E-state index contributed by atoms with van der Waals surface area (Å²) in [6.45, 7) is 1.07. The van der Waals surface area contributed by atoms with E-state index in [1.807, 2.05) is 0 Å². The highest BCUT2D eigenvalue weighted by Gasteiger charge is 2.22. The molecule has 8 nitrogen and oxygen atoms in total. The highest BCUT2D eigenvalue weighted by Crippen LogP contribution is 2.35. The fraction of sp³-hybridized carbons (Fsp3) is 0.188. The van der Waals surface area contributed by atoms with Crippen LogP contribution in [0, 0.1) is 11.6 Å². The maximum Gasteiger partial charge on any atom is 0.257 e. The Bertz CT molecular complexity index is 1890. The molecule has 0 atom stereocenters. The first-order valence-electron chi connectivity index (χ1n) is 13.2. The van der Waals surface area contributed by atoms with E-state index in [9.17, 15) is 18.4 Å². The van der Waals surface area contributed by atoms with Gasteiger partial charge in [0.05, 0.1) is 36.6 Å². The van der Waals surface area contributed by atoms with E-state index in [0.29, 0.717) is 22.3 Å². The van der Waals surface area contributed by atoms with Crippen molar-refractivity contribution in [3.63, 3.8) is 0 Å². The van der Waals surface area contributed by atoms with Crippen molar-refractivity contribution in [3.05, 3.63) is 106 Å². The van der Waals surface area contributed by atoms with Crippen molar-refractivity contribution in [2.75, 3.05) is 14.2 Å². The molecule has 0 aliphatic heterocycles. The minimum atomic E-state index is -0.959. The van der Waals surface area contributed by atoms with Crippen LogP contribution in [0.5, 0.6) is 23.1 Å².